The van der Waals surface area contributed by atoms with E-state index in [1.165, 1.54) is 18.8 Å². The summed E-state index contributed by atoms with van der Waals surface area (Å²) in [4.78, 5) is 18.6. The monoisotopic (exact) mass is 222 g/mol. The summed E-state index contributed by atoms with van der Waals surface area (Å²) in [7, 11) is 0. The molecular weight excluding hydrogens is 208 g/mol. The summed E-state index contributed by atoms with van der Waals surface area (Å²) in [6.45, 7) is 0.803. The Morgan fingerprint density at radius 1 is 1.44 bits per heavy atom. The number of aromatic carboxylic acids is 1. The molecule has 1 aliphatic rings. The third kappa shape index (κ3) is 2.76. The summed E-state index contributed by atoms with van der Waals surface area (Å²) < 4.78 is 5.56. The van der Waals surface area contributed by atoms with Gasteiger partial charge in [-0.1, -0.05) is 0 Å². The van der Waals surface area contributed by atoms with Crippen LogP contribution >= 0.6 is 0 Å². The SMILES string of the molecule is O=C(O)c1cnc(CC2CCCCO2)nc1. The molecule has 1 fully saturated rings. The molecule has 0 bridgehead atoms. The summed E-state index contributed by atoms with van der Waals surface area (Å²) >= 11 is 0. The van der Waals surface area contributed by atoms with Gasteiger partial charge in [-0.05, 0) is 19.3 Å². The highest BCUT2D eigenvalue weighted by atomic mass is 16.5. The van der Waals surface area contributed by atoms with Crippen LogP contribution < -0.4 is 0 Å². The highest BCUT2D eigenvalue weighted by Gasteiger charge is 2.15. The standard InChI is InChI=1S/C11H14N2O3/c14-11(15)8-6-12-10(13-7-8)5-9-3-1-2-4-16-9/h6-7,9H,1-5H2,(H,14,15). The van der Waals surface area contributed by atoms with Gasteiger partial charge in [-0.3, -0.25) is 0 Å². The van der Waals surface area contributed by atoms with E-state index < -0.39 is 5.97 Å². The van der Waals surface area contributed by atoms with E-state index in [-0.39, 0.29) is 11.7 Å². The van der Waals surface area contributed by atoms with Gasteiger partial charge in [-0.25, -0.2) is 14.8 Å². The second kappa shape index (κ2) is 5.03. The van der Waals surface area contributed by atoms with Crippen LogP contribution in [0.2, 0.25) is 0 Å². The topological polar surface area (TPSA) is 72.3 Å². The van der Waals surface area contributed by atoms with E-state index in [0.717, 1.165) is 19.4 Å². The minimum atomic E-state index is -1.000. The molecule has 1 N–H and O–H groups in total. The summed E-state index contributed by atoms with van der Waals surface area (Å²) in [6.07, 6.45) is 6.86. The van der Waals surface area contributed by atoms with Crippen LogP contribution in [0.4, 0.5) is 0 Å². The maximum absolute atomic E-state index is 10.6. The zero-order valence-corrected chi connectivity index (χ0v) is 8.93. The van der Waals surface area contributed by atoms with E-state index in [9.17, 15) is 4.79 Å². The number of aromatic nitrogens is 2. The Hall–Kier alpha value is -1.49. The lowest BCUT2D eigenvalue weighted by Crippen LogP contribution is -2.22. The number of hydrogen-bond donors (Lipinski definition) is 1. The lowest BCUT2D eigenvalue weighted by molar-refractivity contribution is 0.0156. The number of rotatable bonds is 3. The fourth-order valence-corrected chi connectivity index (χ4v) is 1.74. The molecule has 0 saturated carbocycles. The fraction of sp³-hybridized carbons (Fsp3) is 0.545. The molecular formula is C11H14N2O3. The van der Waals surface area contributed by atoms with E-state index in [4.69, 9.17) is 9.84 Å². The average molecular weight is 222 g/mol. The number of nitrogens with zero attached hydrogens (tertiary/aromatic N) is 2. The molecule has 0 aromatic carbocycles. The van der Waals surface area contributed by atoms with Crippen LogP contribution in [0.15, 0.2) is 12.4 Å². The van der Waals surface area contributed by atoms with Crippen LogP contribution in [0.3, 0.4) is 0 Å². The minimum absolute atomic E-state index is 0.119. The van der Waals surface area contributed by atoms with Gasteiger partial charge in [-0.2, -0.15) is 0 Å². The molecule has 0 radical (unpaired) electrons. The molecule has 5 nitrogen and oxygen atoms in total. The van der Waals surface area contributed by atoms with Crippen molar-refractivity contribution in [3.05, 3.63) is 23.8 Å². The van der Waals surface area contributed by atoms with Crippen LogP contribution in [0.25, 0.3) is 0 Å². The molecule has 16 heavy (non-hydrogen) atoms. The highest BCUT2D eigenvalue weighted by molar-refractivity contribution is 5.86. The third-order valence-corrected chi connectivity index (χ3v) is 2.64. The third-order valence-electron chi connectivity index (χ3n) is 2.64. The van der Waals surface area contributed by atoms with Crippen molar-refractivity contribution in [2.75, 3.05) is 6.61 Å². The number of carboxylic acid groups (broad SMARTS) is 1. The smallest absolute Gasteiger partial charge is 0.338 e. The van der Waals surface area contributed by atoms with E-state index in [1.807, 2.05) is 0 Å². The number of carboxylic acids is 1. The predicted molar refractivity (Wildman–Crippen MR) is 56.3 cm³/mol. The summed E-state index contributed by atoms with van der Waals surface area (Å²) in [6, 6.07) is 0. The van der Waals surface area contributed by atoms with Crippen molar-refractivity contribution in [2.45, 2.75) is 31.8 Å². The second-order valence-electron chi connectivity index (χ2n) is 3.89. The molecule has 0 aliphatic carbocycles. The van der Waals surface area contributed by atoms with Gasteiger partial charge in [0.05, 0.1) is 11.7 Å². The largest absolute Gasteiger partial charge is 0.478 e. The van der Waals surface area contributed by atoms with Gasteiger partial charge in [0.2, 0.25) is 0 Å². The minimum Gasteiger partial charge on any atom is -0.478 e. The molecule has 2 heterocycles. The number of hydrogen-bond acceptors (Lipinski definition) is 4. The maximum atomic E-state index is 10.6. The van der Waals surface area contributed by atoms with Gasteiger partial charge in [0, 0.05) is 25.4 Å². The van der Waals surface area contributed by atoms with Gasteiger partial charge in [0.25, 0.3) is 0 Å². The van der Waals surface area contributed by atoms with Crippen LogP contribution in [0, 0.1) is 0 Å². The van der Waals surface area contributed by atoms with Crippen molar-refractivity contribution >= 4 is 5.97 Å². The molecule has 1 aliphatic heterocycles. The first kappa shape index (κ1) is 11.0. The van der Waals surface area contributed by atoms with Crippen LogP contribution in [-0.2, 0) is 11.2 Å². The summed E-state index contributed by atoms with van der Waals surface area (Å²) in [5, 5.41) is 8.69. The molecule has 1 saturated heterocycles. The second-order valence-corrected chi connectivity index (χ2v) is 3.89. The Labute approximate surface area is 93.5 Å². The quantitative estimate of drug-likeness (QED) is 0.834. The molecule has 5 heteroatoms. The Morgan fingerprint density at radius 3 is 2.75 bits per heavy atom. The Balaban J connectivity index is 1.96. The first-order valence-electron chi connectivity index (χ1n) is 5.41. The maximum Gasteiger partial charge on any atom is 0.338 e. The summed E-state index contributed by atoms with van der Waals surface area (Å²) in [5.41, 5.74) is 0.119. The Kier molecular flexibility index (Phi) is 3.46. The lowest BCUT2D eigenvalue weighted by atomic mass is 10.1. The van der Waals surface area contributed by atoms with Crippen molar-refractivity contribution in [3.63, 3.8) is 0 Å². The van der Waals surface area contributed by atoms with Crippen LogP contribution in [-0.4, -0.2) is 33.8 Å². The Bertz CT molecular complexity index is 358. The van der Waals surface area contributed by atoms with Crippen molar-refractivity contribution in [1.82, 2.24) is 9.97 Å². The first-order valence-corrected chi connectivity index (χ1v) is 5.41. The first-order chi connectivity index (χ1) is 7.75. The Morgan fingerprint density at radius 2 is 2.19 bits per heavy atom. The van der Waals surface area contributed by atoms with Gasteiger partial charge < -0.3 is 9.84 Å². The zero-order valence-electron chi connectivity index (χ0n) is 8.93. The van der Waals surface area contributed by atoms with Gasteiger partial charge >= 0.3 is 5.97 Å². The number of ether oxygens (including phenoxy) is 1. The molecule has 1 aromatic rings. The van der Waals surface area contributed by atoms with Gasteiger partial charge in [0.15, 0.2) is 0 Å². The molecule has 1 atom stereocenters. The molecule has 0 spiro atoms. The number of carbonyl (C=O) groups is 1. The molecule has 1 unspecified atom stereocenters. The van der Waals surface area contributed by atoms with E-state index >= 15 is 0 Å². The van der Waals surface area contributed by atoms with Crippen molar-refractivity contribution in [3.8, 4) is 0 Å². The van der Waals surface area contributed by atoms with Crippen LogP contribution in [0.5, 0.6) is 0 Å². The van der Waals surface area contributed by atoms with Crippen molar-refractivity contribution < 1.29 is 14.6 Å². The zero-order chi connectivity index (χ0) is 11.4. The molecule has 86 valence electrons. The molecule has 1 aromatic heterocycles. The van der Waals surface area contributed by atoms with Gasteiger partial charge in [0.1, 0.15) is 5.82 Å². The molecule has 0 amide bonds. The van der Waals surface area contributed by atoms with Crippen LogP contribution in [0.1, 0.15) is 35.4 Å². The fourth-order valence-electron chi connectivity index (χ4n) is 1.74. The summed E-state index contributed by atoms with van der Waals surface area (Å²) in [5.74, 6) is -0.350. The lowest BCUT2D eigenvalue weighted by Gasteiger charge is -2.21. The van der Waals surface area contributed by atoms with Crippen molar-refractivity contribution in [1.29, 1.82) is 0 Å². The molecule has 2 rings (SSSR count). The van der Waals surface area contributed by atoms with E-state index in [0.29, 0.717) is 12.2 Å². The normalized spacial score (nSPS) is 20.6. The average Bonchev–Trinajstić information content (AvgIpc) is 2.31. The van der Waals surface area contributed by atoms with Crippen molar-refractivity contribution in [2.24, 2.45) is 0 Å². The van der Waals surface area contributed by atoms with E-state index in [1.54, 1.807) is 0 Å². The predicted octanol–water partition coefficient (Wildman–Crippen LogP) is 1.29. The highest BCUT2D eigenvalue weighted by Crippen LogP contribution is 2.15. The van der Waals surface area contributed by atoms with Gasteiger partial charge in [-0.15, -0.1) is 0 Å². The van der Waals surface area contributed by atoms with E-state index in [2.05, 4.69) is 9.97 Å².